The molecule has 2 N–H and O–H groups in total. The van der Waals surface area contributed by atoms with E-state index in [0.29, 0.717) is 12.8 Å². The summed E-state index contributed by atoms with van der Waals surface area (Å²) in [6.45, 7) is 3.77. The number of aryl methyl sites for hydroxylation is 2. The molecule has 0 aliphatic carbocycles. The van der Waals surface area contributed by atoms with Crippen LogP contribution in [-0.2, 0) is 17.6 Å². The summed E-state index contributed by atoms with van der Waals surface area (Å²) in [6, 6.07) is 10.1. The fourth-order valence-corrected chi connectivity index (χ4v) is 2.24. The van der Waals surface area contributed by atoms with Gasteiger partial charge in [0.2, 0.25) is 0 Å². The number of carbonyl (C=O) groups excluding carboxylic acids is 1. The van der Waals surface area contributed by atoms with Crippen molar-refractivity contribution in [3.05, 3.63) is 58.7 Å². The summed E-state index contributed by atoms with van der Waals surface area (Å²) in [5.74, 6) is 0.550. The number of rotatable bonds is 4. The molecule has 20 heavy (non-hydrogen) atoms. The molecular formula is C17H18O3. The lowest BCUT2D eigenvalue weighted by Crippen LogP contribution is -2.08. The molecule has 0 aliphatic heterocycles. The molecule has 0 unspecified atom stereocenters. The SMILES string of the molecule is Cc1cc(O)ccc1CC(=O)Cc1ccc(O)cc1C. The Hall–Kier alpha value is -2.29. The third kappa shape index (κ3) is 3.38. The van der Waals surface area contributed by atoms with Crippen molar-refractivity contribution in [3.63, 3.8) is 0 Å². The van der Waals surface area contributed by atoms with Gasteiger partial charge >= 0.3 is 0 Å². The fourth-order valence-electron chi connectivity index (χ4n) is 2.24. The molecule has 0 aliphatic rings. The molecule has 0 fully saturated rings. The van der Waals surface area contributed by atoms with E-state index in [-0.39, 0.29) is 17.3 Å². The van der Waals surface area contributed by atoms with E-state index in [1.165, 1.54) is 0 Å². The highest BCUT2D eigenvalue weighted by molar-refractivity contribution is 5.83. The number of Topliss-reactive ketones (excluding diaryl/α,β-unsaturated/α-hetero) is 1. The molecule has 0 atom stereocenters. The average molecular weight is 270 g/mol. The van der Waals surface area contributed by atoms with Crippen LogP contribution in [0.15, 0.2) is 36.4 Å². The molecule has 0 saturated carbocycles. The molecule has 3 nitrogen and oxygen atoms in total. The molecule has 0 radical (unpaired) electrons. The summed E-state index contributed by atoms with van der Waals surface area (Å²) in [5.41, 5.74) is 3.70. The molecule has 3 heteroatoms. The summed E-state index contributed by atoms with van der Waals surface area (Å²) >= 11 is 0. The predicted octanol–water partition coefficient (Wildman–Crippen LogP) is 3.07. The van der Waals surface area contributed by atoms with Gasteiger partial charge in [-0.15, -0.1) is 0 Å². The highest BCUT2D eigenvalue weighted by atomic mass is 16.3. The highest BCUT2D eigenvalue weighted by Gasteiger charge is 2.09. The minimum absolute atomic E-state index is 0.118. The average Bonchev–Trinajstić information content (AvgIpc) is 2.36. The number of aromatic hydroxyl groups is 2. The number of carbonyl (C=O) groups is 1. The zero-order chi connectivity index (χ0) is 14.7. The largest absolute Gasteiger partial charge is 0.508 e. The molecule has 0 bridgehead atoms. The number of phenols is 2. The predicted molar refractivity (Wildman–Crippen MR) is 78.1 cm³/mol. The van der Waals surface area contributed by atoms with Crippen molar-refractivity contribution in [3.8, 4) is 11.5 Å². The van der Waals surface area contributed by atoms with E-state index in [0.717, 1.165) is 22.3 Å². The van der Waals surface area contributed by atoms with Gasteiger partial charge in [0, 0.05) is 12.8 Å². The van der Waals surface area contributed by atoms with Crippen LogP contribution in [0.4, 0.5) is 0 Å². The van der Waals surface area contributed by atoms with Crippen molar-refractivity contribution in [2.24, 2.45) is 0 Å². The van der Waals surface area contributed by atoms with E-state index in [4.69, 9.17) is 0 Å². The number of phenolic OH excluding ortho intramolecular Hbond substituents is 2. The molecule has 2 rings (SSSR count). The van der Waals surface area contributed by atoms with Crippen LogP contribution in [0.1, 0.15) is 22.3 Å². The van der Waals surface area contributed by atoms with E-state index in [9.17, 15) is 15.0 Å². The van der Waals surface area contributed by atoms with Gasteiger partial charge in [0.05, 0.1) is 0 Å². The first-order valence-corrected chi connectivity index (χ1v) is 6.54. The van der Waals surface area contributed by atoms with Crippen LogP contribution in [-0.4, -0.2) is 16.0 Å². The van der Waals surface area contributed by atoms with Gasteiger partial charge in [-0.1, -0.05) is 12.1 Å². The number of ketones is 1. The van der Waals surface area contributed by atoms with Crippen LogP contribution < -0.4 is 0 Å². The summed E-state index contributed by atoms with van der Waals surface area (Å²) in [4.78, 5) is 12.1. The maximum atomic E-state index is 12.1. The molecule has 2 aromatic carbocycles. The van der Waals surface area contributed by atoms with Gasteiger partial charge in [-0.05, 0) is 60.4 Å². The molecular weight excluding hydrogens is 252 g/mol. The van der Waals surface area contributed by atoms with Crippen molar-refractivity contribution in [2.75, 3.05) is 0 Å². The Labute approximate surface area is 118 Å². The summed E-state index contributed by atoms with van der Waals surface area (Å²) < 4.78 is 0. The van der Waals surface area contributed by atoms with Crippen molar-refractivity contribution >= 4 is 5.78 Å². The van der Waals surface area contributed by atoms with Gasteiger partial charge in [-0.25, -0.2) is 0 Å². The third-order valence-corrected chi connectivity index (χ3v) is 3.43. The van der Waals surface area contributed by atoms with Crippen LogP contribution >= 0.6 is 0 Å². The molecule has 0 amide bonds. The zero-order valence-electron chi connectivity index (χ0n) is 11.7. The lowest BCUT2D eigenvalue weighted by Gasteiger charge is -2.08. The highest BCUT2D eigenvalue weighted by Crippen LogP contribution is 2.19. The summed E-state index contributed by atoms with van der Waals surface area (Å²) in [6.07, 6.45) is 0.707. The Morgan fingerprint density at radius 1 is 0.850 bits per heavy atom. The lowest BCUT2D eigenvalue weighted by atomic mass is 9.97. The lowest BCUT2D eigenvalue weighted by molar-refractivity contribution is -0.117. The van der Waals surface area contributed by atoms with Crippen molar-refractivity contribution in [1.82, 2.24) is 0 Å². The topological polar surface area (TPSA) is 57.5 Å². The van der Waals surface area contributed by atoms with E-state index < -0.39 is 0 Å². The first-order valence-electron chi connectivity index (χ1n) is 6.54. The molecule has 0 heterocycles. The zero-order valence-corrected chi connectivity index (χ0v) is 11.7. The Bertz CT molecular complexity index is 589. The number of hydrogen-bond donors (Lipinski definition) is 2. The quantitative estimate of drug-likeness (QED) is 0.897. The minimum Gasteiger partial charge on any atom is -0.508 e. The Morgan fingerprint density at radius 3 is 1.60 bits per heavy atom. The second kappa shape index (κ2) is 5.78. The molecule has 0 saturated heterocycles. The smallest absolute Gasteiger partial charge is 0.141 e. The van der Waals surface area contributed by atoms with Gasteiger partial charge < -0.3 is 10.2 Å². The molecule has 0 aromatic heterocycles. The van der Waals surface area contributed by atoms with E-state index in [1.807, 2.05) is 13.8 Å². The van der Waals surface area contributed by atoms with Gasteiger partial charge in [-0.3, -0.25) is 4.79 Å². The maximum Gasteiger partial charge on any atom is 0.141 e. The van der Waals surface area contributed by atoms with Crippen LogP contribution in [0.3, 0.4) is 0 Å². The fraction of sp³-hybridized carbons (Fsp3) is 0.235. The van der Waals surface area contributed by atoms with E-state index in [1.54, 1.807) is 36.4 Å². The second-order valence-electron chi connectivity index (χ2n) is 5.11. The van der Waals surface area contributed by atoms with Crippen molar-refractivity contribution < 1.29 is 15.0 Å². The maximum absolute atomic E-state index is 12.1. The Balaban J connectivity index is 2.09. The molecule has 0 spiro atoms. The van der Waals surface area contributed by atoms with Crippen molar-refractivity contribution in [2.45, 2.75) is 26.7 Å². The number of benzene rings is 2. The van der Waals surface area contributed by atoms with Crippen LogP contribution in [0.25, 0.3) is 0 Å². The molecule has 104 valence electrons. The van der Waals surface area contributed by atoms with E-state index >= 15 is 0 Å². The molecule has 2 aromatic rings. The van der Waals surface area contributed by atoms with Gasteiger partial charge in [0.1, 0.15) is 17.3 Å². The van der Waals surface area contributed by atoms with Crippen LogP contribution in [0, 0.1) is 13.8 Å². The first-order chi connectivity index (χ1) is 9.45. The third-order valence-electron chi connectivity index (χ3n) is 3.43. The van der Waals surface area contributed by atoms with E-state index in [2.05, 4.69) is 0 Å². The monoisotopic (exact) mass is 270 g/mol. The van der Waals surface area contributed by atoms with Crippen LogP contribution in [0.2, 0.25) is 0 Å². The Morgan fingerprint density at radius 2 is 1.25 bits per heavy atom. The Kier molecular flexibility index (Phi) is 4.08. The van der Waals surface area contributed by atoms with Gasteiger partial charge in [0.25, 0.3) is 0 Å². The van der Waals surface area contributed by atoms with Crippen molar-refractivity contribution in [1.29, 1.82) is 0 Å². The van der Waals surface area contributed by atoms with Gasteiger partial charge in [-0.2, -0.15) is 0 Å². The first kappa shape index (κ1) is 14.1. The number of hydrogen-bond acceptors (Lipinski definition) is 3. The normalized spacial score (nSPS) is 10.5. The standard InChI is InChI=1S/C17H18O3/c1-11-7-15(18)5-3-13(11)9-17(20)10-14-4-6-16(19)8-12(14)2/h3-8,18-19H,9-10H2,1-2H3. The van der Waals surface area contributed by atoms with Gasteiger partial charge in [0.15, 0.2) is 0 Å². The minimum atomic E-state index is 0.118. The summed E-state index contributed by atoms with van der Waals surface area (Å²) in [5, 5.41) is 18.7. The second-order valence-corrected chi connectivity index (χ2v) is 5.11. The van der Waals surface area contributed by atoms with Crippen LogP contribution in [0.5, 0.6) is 11.5 Å². The summed E-state index contributed by atoms with van der Waals surface area (Å²) in [7, 11) is 0.